The van der Waals surface area contributed by atoms with Crippen LogP contribution in [0.5, 0.6) is 0 Å². The van der Waals surface area contributed by atoms with Gasteiger partial charge in [0, 0.05) is 60.4 Å². The number of carbonyl (C=O) groups is 2. The summed E-state index contributed by atoms with van der Waals surface area (Å²) in [5.41, 5.74) is 0. The van der Waals surface area contributed by atoms with Gasteiger partial charge < -0.3 is 23.5 Å². The van der Waals surface area contributed by atoms with Gasteiger partial charge in [0.05, 0.1) is 0 Å². The maximum absolute atomic E-state index is 11.6. The summed E-state index contributed by atoms with van der Waals surface area (Å²) in [6, 6.07) is 0.640. The highest BCUT2D eigenvalue weighted by atomic mass is 28.4. The zero-order valence-electron chi connectivity index (χ0n) is 13.7. The molecule has 0 aromatic carbocycles. The van der Waals surface area contributed by atoms with Crippen LogP contribution in [0.1, 0.15) is 26.7 Å². The van der Waals surface area contributed by atoms with Gasteiger partial charge in [0.15, 0.2) is 0 Å². The van der Waals surface area contributed by atoms with Crippen molar-refractivity contribution in [3.8, 4) is 0 Å². The molecule has 0 aliphatic heterocycles. The molecule has 7 nitrogen and oxygen atoms in total. The Morgan fingerprint density at radius 1 is 1.10 bits per heavy atom. The van der Waals surface area contributed by atoms with Crippen LogP contribution >= 0.6 is 0 Å². The summed E-state index contributed by atoms with van der Waals surface area (Å²) in [5.74, 6) is -0.0247. The van der Waals surface area contributed by atoms with Crippen LogP contribution in [0.15, 0.2) is 0 Å². The van der Waals surface area contributed by atoms with E-state index in [0.717, 1.165) is 6.42 Å². The lowest BCUT2D eigenvalue weighted by atomic mass is 10.3. The molecule has 0 aromatic heterocycles. The summed E-state index contributed by atoms with van der Waals surface area (Å²) in [6.45, 7) is 4.87. The Labute approximate surface area is 128 Å². The van der Waals surface area contributed by atoms with Crippen molar-refractivity contribution in [2.75, 3.05) is 41.0 Å². The van der Waals surface area contributed by atoms with Gasteiger partial charge in [0.1, 0.15) is 0 Å². The Balaban J connectivity index is 4.21. The molecular formula is C13H28N2O5Si. The average Bonchev–Trinajstić information content (AvgIpc) is 2.49. The van der Waals surface area contributed by atoms with Crippen molar-refractivity contribution in [3.63, 3.8) is 0 Å². The van der Waals surface area contributed by atoms with E-state index in [0.29, 0.717) is 32.1 Å². The van der Waals surface area contributed by atoms with Gasteiger partial charge in [-0.1, -0.05) is 6.92 Å². The predicted octanol–water partition coefficient (Wildman–Crippen LogP) is 0.629. The van der Waals surface area contributed by atoms with Crippen molar-refractivity contribution < 1.29 is 22.9 Å². The largest absolute Gasteiger partial charge is 0.500 e. The van der Waals surface area contributed by atoms with Crippen molar-refractivity contribution in [2.45, 2.75) is 32.7 Å². The number of hydrogen-bond acceptors (Lipinski definition) is 5. The van der Waals surface area contributed by atoms with Crippen molar-refractivity contribution in [3.05, 3.63) is 0 Å². The first-order chi connectivity index (χ1) is 9.94. The van der Waals surface area contributed by atoms with Crippen molar-refractivity contribution in [2.24, 2.45) is 0 Å². The molecule has 0 aliphatic carbocycles. The van der Waals surface area contributed by atoms with Gasteiger partial charge in [0.25, 0.3) is 0 Å². The first-order valence-electron chi connectivity index (χ1n) is 7.12. The minimum atomic E-state index is -2.58. The van der Waals surface area contributed by atoms with Gasteiger partial charge in [-0.05, 0) is 6.42 Å². The highest BCUT2D eigenvalue weighted by Gasteiger charge is 2.37. The number of amides is 2. The molecule has 124 valence electrons. The zero-order valence-corrected chi connectivity index (χ0v) is 14.7. The van der Waals surface area contributed by atoms with Crippen LogP contribution in [-0.2, 0) is 22.9 Å². The van der Waals surface area contributed by atoms with Crippen LogP contribution in [0.4, 0.5) is 0 Å². The lowest BCUT2D eigenvalue weighted by Gasteiger charge is -2.26. The van der Waals surface area contributed by atoms with E-state index in [1.54, 1.807) is 33.2 Å². The Hall–Kier alpha value is -0.963. The molecular weight excluding hydrogens is 292 g/mol. The fraction of sp³-hybridized carbons (Fsp3) is 0.846. The van der Waals surface area contributed by atoms with Crippen LogP contribution < -0.4 is 5.32 Å². The number of hydrogen-bond donors (Lipinski definition) is 1. The minimum absolute atomic E-state index is 0.0110. The lowest BCUT2D eigenvalue weighted by molar-refractivity contribution is -0.129. The third-order valence-corrected chi connectivity index (χ3v) is 6.15. The third-order valence-electron chi connectivity index (χ3n) is 3.31. The molecule has 2 amide bonds. The summed E-state index contributed by atoms with van der Waals surface area (Å²) in [4.78, 5) is 24.5. The first-order valence-corrected chi connectivity index (χ1v) is 9.05. The molecule has 0 saturated carbocycles. The van der Waals surface area contributed by atoms with E-state index in [2.05, 4.69) is 5.32 Å². The molecule has 0 aromatic rings. The molecule has 0 heterocycles. The maximum Gasteiger partial charge on any atom is 0.500 e. The summed E-state index contributed by atoms with van der Waals surface area (Å²) < 4.78 is 16.0. The molecule has 0 radical (unpaired) electrons. The Bertz CT molecular complexity index is 315. The van der Waals surface area contributed by atoms with E-state index in [1.165, 1.54) is 6.92 Å². The molecule has 21 heavy (non-hydrogen) atoms. The second kappa shape index (κ2) is 10.7. The zero-order chi connectivity index (χ0) is 16.3. The SMILES string of the molecule is CCC(=O)NCCN(CCC[Si](OC)(OC)OC)C(C)=O. The standard InChI is InChI=1S/C13H28N2O5Si/c1-6-13(17)14-8-10-15(12(2)16)9-7-11-21(18-3,19-4)20-5/h6-11H2,1-5H3,(H,14,17). The second-order valence-electron chi connectivity index (χ2n) is 4.61. The first kappa shape index (κ1) is 20.0. The number of nitrogens with zero attached hydrogens (tertiary/aromatic N) is 1. The average molecular weight is 320 g/mol. The van der Waals surface area contributed by atoms with Crippen LogP contribution in [0.2, 0.25) is 6.04 Å². The third kappa shape index (κ3) is 7.56. The quantitative estimate of drug-likeness (QED) is 0.565. The van der Waals surface area contributed by atoms with E-state index in [9.17, 15) is 9.59 Å². The normalized spacial score (nSPS) is 11.3. The predicted molar refractivity (Wildman–Crippen MR) is 81.8 cm³/mol. The monoisotopic (exact) mass is 320 g/mol. The van der Waals surface area contributed by atoms with E-state index in [-0.39, 0.29) is 11.8 Å². The van der Waals surface area contributed by atoms with Crippen LogP contribution in [0.3, 0.4) is 0 Å². The highest BCUT2D eigenvalue weighted by molar-refractivity contribution is 6.60. The fourth-order valence-corrected chi connectivity index (χ4v) is 3.63. The Morgan fingerprint density at radius 2 is 1.67 bits per heavy atom. The maximum atomic E-state index is 11.6. The molecule has 0 rings (SSSR count). The van der Waals surface area contributed by atoms with E-state index in [1.807, 2.05) is 0 Å². The Kier molecular flexibility index (Phi) is 10.2. The molecule has 0 bridgehead atoms. The van der Waals surface area contributed by atoms with Gasteiger partial charge in [-0.2, -0.15) is 0 Å². The van der Waals surface area contributed by atoms with Crippen LogP contribution in [0, 0.1) is 0 Å². The van der Waals surface area contributed by atoms with Crippen LogP contribution in [0.25, 0.3) is 0 Å². The van der Waals surface area contributed by atoms with E-state index < -0.39 is 8.80 Å². The van der Waals surface area contributed by atoms with E-state index >= 15 is 0 Å². The highest BCUT2D eigenvalue weighted by Crippen LogP contribution is 2.15. The molecule has 1 N–H and O–H groups in total. The summed E-state index contributed by atoms with van der Waals surface area (Å²) in [5, 5.41) is 2.76. The van der Waals surface area contributed by atoms with Crippen LogP contribution in [-0.4, -0.2) is 66.5 Å². The molecule has 0 spiro atoms. The van der Waals surface area contributed by atoms with Gasteiger partial charge >= 0.3 is 8.80 Å². The van der Waals surface area contributed by atoms with Gasteiger partial charge in [0.2, 0.25) is 11.8 Å². The summed E-state index contributed by atoms with van der Waals surface area (Å²) in [6.07, 6.45) is 1.17. The van der Waals surface area contributed by atoms with Crippen molar-refractivity contribution >= 4 is 20.6 Å². The number of carbonyl (C=O) groups excluding carboxylic acids is 2. The molecule has 8 heteroatoms. The van der Waals surface area contributed by atoms with Gasteiger partial charge in [-0.25, -0.2) is 0 Å². The second-order valence-corrected chi connectivity index (χ2v) is 7.70. The van der Waals surface area contributed by atoms with Crippen molar-refractivity contribution in [1.29, 1.82) is 0 Å². The van der Waals surface area contributed by atoms with Crippen molar-refractivity contribution in [1.82, 2.24) is 10.2 Å². The smallest absolute Gasteiger partial charge is 0.377 e. The summed E-state index contributed by atoms with van der Waals surface area (Å²) in [7, 11) is 2.13. The van der Waals surface area contributed by atoms with Gasteiger partial charge in [-0.15, -0.1) is 0 Å². The Morgan fingerprint density at radius 3 is 2.10 bits per heavy atom. The molecule has 0 atom stereocenters. The lowest BCUT2D eigenvalue weighted by Crippen LogP contribution is -2.44. The molecule has 0 aliphatic rings. The molecule has 0 unspecified atom stereocenters. The molecule has 0 fully saturated rings. The fourth-order valence-electron chi connectivity index (χ4n) is 1.92. The van der Waals surface area contributed by atoms with E-state index in [4.69, 9.17) is 13.3 Å². The topological polar surface area (TPSA) is 77.1 Å². The minimum Gasteiger partial charge on any atom is -0.377 e. The molecule has 0 saturated heterocycles. The van der Waals surface area contributed by atoms with Gasteiger partial charge in [-0.3, -0.25) is 9.59 Å². The number of nitrogens with one attached hydrogen (secondary N) is 1. The number of rotatable bonds is 11. The summed E-state index contributed by atoms with van der Waals surface area (Å²) >= 11 is 0.